The van der Waals surface area contributed by atoms with Crippen molar-refractivity contribution in [2.45, 2.75) is 42.1 Å². The van der Waals surface area contributed by atoms with Gasteiger partial charge in [0.05, 0.1) is 62.0 Å². The molecule has 0 aromatic heterocycles. The van der Waals surface area contributed by atoms with Gasteiger partial charge < -0.3 is 39.4 Å². The van der Waals surface area contributed by atoms with Crippen LogP contribution in [0, 0.1) is 0 Å². The summed E-state index contributed by atoms with van der Waals surface area (Å²) in [6, 6.07) is 31.2. The van der Waals surface area contributed by atoms with Crippen LogP contribution in [0.4, 0.5) is 11.4 Å². The third-order valence-electron chi connectivity index (χ3n) is 12.7. The second kappa shape index (κ2) is 18.4. The molecule has 0 bridgehead atoms. The summed E-state index contributed by atoms with van der Waals surface area (Å²) in [6.07, 6.45) is 3.85. The molecular formula is C49H44N4NaO12S2+. The number of amides is 2. The summed E-state index contributed by atoms with van der Waals surface area (Å²) in [7, 11) is -6.68. The maximum absolute atomic E-state index is 14.2. The van der Waals surface area contributed by atoms with Gasteiger partial charge in [-0.1, -0.05) is 72.8 Å². The average molecular weight is 968 g/mol. The molecule has 10 rings (SSSR count). The van der Waals surface area contributed by atoms with Crippen LogP contribution in [0.2, 0.25) is 0 Å². The third kappa shape index (κ3) is 8.77. The van der Waals surface area contributed by atoms with E-state index in [1.54, 1.807) is 12.4 Å². The number of nitrogens with one attached hydrogen (secondary N) is 2. The minimum atomic E-state index is -4.75. The van der Waals surface area contributed by atoms with Gasteiger partial charge in [-0.05, 0) is 80.9 Å². The number of methoxy groups -OCH3 is 2. The first kappa shape index (κ1) is 47.0. The van der Waals surface area contributed by atoms with Gasteiger partial charge in [-0.15, -0.1) is 0 Å². The van der Waals surface area contributed by atoms with E-state index in [-0.39, 0.29) is 108 Å². The molecule has 0 aliphatic carbocycles. The van der Waals surface area contributed by atoms with E-state index in [1.807, 2.05) is 84.9 Å². The van der Waals surface area contributed by atoms with Gasteiger partial charge in [-0.25, -0.2) is 0 Å². The fourth-order valence-electron chi connectivity index (χ4n) is 9.37. The van der Waals surface area contributed by atoms with Crippen LogP contribution >= 0.6 is 0 Å². The van der Waals surface area contributed by atoms with E-state index in [9.17, 15) is 35.5 Å². The summed E-state index contributed by atoms with van der Waals surface area (Å²) in [5, 5.41) is 6.70. The molecule has 6 aromatic rings. The molecule has 4 atom stereocenters. The summed E-state index contributed by atoms with van der Waals surface area (Å²) in [5.41, 5.74) is 3.57. The molecule has 0 saturated heterocycles. The first-order chi connectivity index (χ1) is 32.2. The average Bonchev–Trinajstić information content (AvgIpc) is 3.91. The quantitative estimate of drug-likeness (QED) is 0.0748. The van der Waals surface area contributed by atoms with Crippen molar-refractivity contribution in [2.24, 2.45) is 0 Å². The van der Waals surface area contributed by atoms with Gasteiger partial charge >= 0.3 is 29.6 Å². The maximum atomic E-state index is 14.2. The Morgan fingerprint density at radius 2 is 0.956 bits per heavy atom. The van der Waals surface area contributed by atoms with Crippen LogP contribution in [0.1, 0.15) is 51.1 Å². The largest absolute Gasteiger partial charge is 1.00 e. The molecule has 68 heavy (non-hydrogen) atoms. The first-order valence-corrected chi connectivity index (χ1v) is 24.4. The van der Waals surface area contributed by atoms with Gasteiger partial charge in [0.25, 0.3) is 32.1 Å². The Morgan fingerprint density at radius 1 is 0.559 bits per heavy atom. The predicted octanol–water partition coefficient (Wildman–Crippen LogP) is 4.65. The van der Waals surface area contributed by atoms with Crippen molar-refractivity contribution in [3.05, 3.63) is 144 Å². The topological polar surface area (TPSA) is 210 Å². The van der Waals surface area contributed by atoms with Crippen LogP contribution < -0.4 is 59.1 Å². The molecule has 2 unspecified atom stereocenters. The van der Waals surface area contributed by atoms with Crippen LogP contribution in [0.25, 0.3) is 32.7 Å². The van der Waals surface area contributed by atoms with Gasteiger partial charge in [-0.3, -0.25) is 18.7 Å². The molecule has 16 nitrogen and oxygen atoms in total. The molecule has 0 radical (unpaired) electrons. The summed E-state index contributed by atoms with van der Waals surface area (Å²) >= 11 is 0. The Kier molecular flexibility index (Phi) is 12.7. The van der Waals surface area contributed by atoms with Crippen LogP contribution in [-0.4, -0.2) is 97.8 Å². The molecule has 4 heterocycles. The van der Waals surface area contributed by atoms with Crippen molar-refractivity contribution in [1.82, 2.24) is 9.80 Å². The van der Waals surface area contributed by atoms with Crippen molar-refractivity contribution in [3.63, 3.8) is 0 Å². The Morgan fingerprint density at radius 3 is 1.34 bits per heavy atom. The van der Waals surface area contributed by atoms with E-state index in [1.165, 1.54) is 48.3 Å². The standard InChI is InChI=1S/C49H44N4O12S2.Na/c1-62-42-22-36-38(50-46(66(56,57)58)40-20-34(26-52(40)48(36)54)32-14-12-28-8-3-5-10-30(28)18-32)24-44(42)64-16-7-17-65-45-25-39-37(23-43(45)63-2)49(55)53-27-35(21-41(53)47(51-39)67(59,60)61)33-15-13-29-9-4-6-11-31(29)19-33;/h3-6,8-15,18-19,22-27,40-41,46-47,50-51H,7,16-17,20-21H2,1-2H3,(H,56,57,58)(H,59,60,61);/q;+1/t40-,41-,46?,47?;/m0./s1. The summed E-state index contributed by atoms with van der Waals surface area (Å²) < 4.78 is 96.1. The minimum Gasteiger partial charge on any atom is -0.493 e. The first-order valence-electron chi connectivity index (χ1n) is 21.4. The molecule has 19 heteroatoms. The zero-order valence-corrected chi connectivity index (χ0v) is 40.7. The van der Waals surface area contributed by atoms with E-state index >= 15 is 0 Å². The number of hydrogen-bond donors (Lipinski definition) is 4. The van der Waals surface area contributed by atoms with Crippen molar-refractivity contribution >= 4 is 76.1 Å². The molecule has 4 aliphatic rings. The second-order valence-electron chi connectivity index (χ2n) is 16.7. The monoisotopic (exact) mass is 967 g/mol. The number of carbonyl (C=O) groups excluding carboxylic acids is 2. The van der Waals surface area contributed by atoms with Gasteiger partial charge in [0.2, 0.25) is 0 Å². The van der Waals surface area contributed by atoms with Crippen molar-refractivity contribution in [2.75, 3.05) is 38.1 Å². The Balaban J connectivity index is 0.00000578. The second-order valence-corrected chi connectivity index (χ2v) is 19.8. The number of ether oxygens (including phenoxy) is 4. The Bertz CT molecular complexity index is 3110. The summed E-state index contributed by atoms with van der Waals surface area (Å²) in [6.45, 7) is 0.101. The van der Waals surface area contributed by atoms with Crippen LogP contribution in [0.3, 0.4) is 0 Å². The number of fused-ring (bicyclic) bond motifs is 6. The van der Waals surface area contributed by atoms with Gasteiger partial charge in [0.1, 0.15) is 0 Å². The molecule has 0 saturated carbocycles. The van der Waals surface area contributed by atoms with Crippen molar-refractivity contribution in [3.8, 4) is 23.0 Å². The van der Waals surface area contributed by atoms with E-state index < -0.39 is 54.9 Å². The number of rotatable bonds is 12. The van der Waals surface area contributed by atoms with E-state index in [0.717, 1.165) is 43.8 Å². The van der Waals surface area contributed by atoms with Gasteiger partial charge in [0.15, 0.2) is 33.7 Å². The normalized spacial score (nSPS) is 19.8. The molecular weight excluding hydrogens is 924 g/mol. The zero-order valence-electron chi connectivity index (χ0n) is 37.1. The van der Waals surface area contributed by atoms with Crippen molar-refractivity contribution < 1.29 is 84.0 Å². The molecule has 4 N–H and O–H groups in total. The number of carbonyl (C=O) groups is 2. The third-order valence-corrected chi connectivity index (χ3v) is 14.8. The molecule has 344 valence electrons. The molecule has 0 spiro atoms. The predicted molar refractivity (Wildman–Crippen MR) is 253 cm³/mol. The molecule has 6 aromatic carbocycles. The smallest absolute Gasteiger partial charge is 0.493 e. The maximum Gasteiger partial charge on any atom is 1.00 e. The Hall–Kier alpha value is -6.12. The zero-order chi connectivity index (χ0) is 46.8. The number of nitrogens with zero attached hydrogens (tertiary/aromatic N) is 2. The van der Waals surface area contributed by atoms with E-state index in [4.69, 9.17) is 18.9 Å². The van der Waals surface area contributed by atoms with E-state index in [2.05, 4.69) is 10.6 Å². The van der Waals surface area contributed by atoms with Crippen LogP contribution in [0.5, 0.6) is 23.0 Å². The fraction of sp³-hybridized carbons (Fsp3) is 0.224. The molecule has 0 fully saturated rings. The Labute approximate surface area is 414 Å². The SMILES string of the molecule is COc1cc2c(cc1OCCCOc1cc3c(cc1OC)C(=O)N1C=C(c4ccc5ccccc5c4)C[C@H]1C(S(=O)(=O)O)N3)NC(S(=O)(=O)O)[C@@H]1CC(c3ccc4ccccc4c3)=CN1C2=O.[Na+]. The fourth-order valence-corrected chi connectivity index (χ4v) is 11.2. The minimum absolute atomic E-state index is 0. The van der Waals surface area contributed by atoms with Crippen LogP contribution in [-0.2, 0) is 20.2 Å². The number of benzene rings is 6. The summed E-state index contributed by atoms with van der Waals surface area (Å²) in [4.78, 5) is 31.0. The number of hydrogen-bond acceptors (Lipinski definition) is 12. The molecule has 4 aliphatic heterocycles. The van der Waals surface area contributed by atoms with Gasteiger partial charge in [-0.2, -0.15) is 16.8 Å². The van der Waals surface area contributed by atoms with Crippen LogP contribution in [0.15, 0.2) is 122 Å². The van der Waals surface area contributed by atoms with Crippen molar-refractivity contribution in [1.29, 1.82) is 0 Å². The van der Waals surface area contributed by atoms with Gasteiger partial charge in [0, 0.05) is 31.0 Å². The van der Waals surface area contributed by atoms with E-state index in [0.29, 0.717) is 0 Å². The molecule has 2 amide bonds. The number of anilines is 2. The summed E-state index contributed by atoms with van der Waals surface area (Å²) in [5.74, 6) is -0.222.